The zero-order valence-electron chi connectivity index (χ0n) is 12.2. The van der Waals surface area contributed by atoms with Crippen LogP contribution in [-0.2, 0) is 11.8 Å². The fourth-order valence-corrected chi connectivity index (χ4v) is 3.83. The van der Waals surface area contributed by atoms with Crippen molar-refractivity contribution in [3.63, 3.8) is 0 Å². The molecule has 2 heterocycles. The van der Waals surface area contributed by atoms with Crippen molar-refractivity contribution < 1.29 is 9.84 Å². The summed E-state index contributed by atoms with van der Waals surface area (Å²) in [5.41, 5.74) is 6.77. The smallest absolute Gasteiger partial charge is 0.127 e. The Balaban J connectivity index is 1.74. The van der Waals surface area contributed by atoms with Crippen LogP contribution in [0.2, 0.25) is 0 Å². The Morgan fingerprint density at radius 2 is 2.20 bits per heavy atom. The molecular formula is C15H25N3O2. The summed E-state index contributed by atoms with van der Waals surface area (Å²) in [5.74, 6) is 0.801. The molecule has 2 aliphatic rings. The maximum atomic E-state index is 10.7. The number of nitrogen functional groups attached to an aromatic ring is 1. The molecule has 0 amide bonds. The molecule has 1 saturated heterocycles. The molecule has 1 aliphatic carbocycles. The first-order valence-electron chi connectivity index (χ1n) is 7.71. The number of hydrogen-bond acceptors (Lipinski definition) is 4. The van der Waals surface area contributed by atoms with Crippen LogP contribution < -0.4 is 5.73 Å². The Labute approximate surface area is 120 Å². The van der Waals surface area contributed by atoms with Gasteiger partial charge in [-0.2, -0.15) is 5.10 Å². The van der Waals surface area contributed by atoms with Gasteiger partial charge in [-0.1, -0.05) is 19.3 Å². The van der Waals surface area contributed by atoms with Crippen molar-refractivity contribution in [2.45, 2.75) is 56.7 Å². The van der Waals surface area contributed by atoms with Gasteiger partial charge >= 0.3 is 0 Å². The van der Waals surface area contributed by atoms with Gasteiger partial charge in [0.2, 0.25) is 0 Å². The molecule has 112 valence electrons. The molecule has 3 rings (SSSR count). The van der Waals surface area contributed by atoms with Crippen LogP contribution in [0.15, 0.2) is 6.20 Å². The zero-order valence-corrected chi connectivity index (χ0v) is 12.2. The number of aryl methyl sites for hydroxylation is 1. The molecule has 1 spiro atoms. The molecule has 20 heavy (non-hydrogen) atoms. The number of nitrogens with zero attached hydrogens (tertiary/aromatic N) is 2. The number of aliphatic hydroxyl groups is 1. The van der Waals surface area contributed by atoms with Crippen molar-refractivity contribution in [3.8, 4) is 0 Å². The Bertz CT molecular complexity index is 460. The second-order valence-corrected chi connectivity index (χ2v) is 6.40. The van der Waals surface area contributed by atoms with Crippen LogP contribution in [0.3, 0.4) is 0 Å². The average molecular weight is 279 g/mol. The van der Waals surface area contributed by atoms with Crippen LogP contribution in [0.5, 0.6) is 0 Å². The number of hydrogen-bond donors (Lipinski definition) is 2. The van der Waals surface area contributed by atoms with E-state index in [0.29, 0.717) is 5.82 Å². The monoisotopic (exact) mass is 279 g/mol. The first-order valence-corrected chi connectivity index (χ1v) is 7.71. The number of ether oxygens (including phenoxy) is 1. The summed E-state index contributed by atoms with van der Waals surface area (Å²) in [5, 5.41) is 14.8. The highest BCUT2D eigenvalue weighted by Crippen LogP contribution is 2.44. The average Bonchev–Trinajstić information content (AvgIpc) is 2.79. The molecule has 1 aromatic heterocycles. The van der Waals surface area contributed by atoms with E-state index in [2.05, 4.69) is 5.10 Å². The van der Waals surface area contributed by atoms with Gasteiger partial charge in [0.1, 0.15) is 5.82 Å². The van der Waals surface area contributed by atoms with Gasteiger partial charge in [0.15, 0.2) is 0 Å². The van der Waals surface area contributed by atoms with Crippen LogP contribution in [-0.4, -0.2) is 27.1 Å². The third kappa shape index (κ3) is 2.44. The summed E-state index contributed by atoms with van der Waals surface area (Å²) < 4.78 is 7.71. The molecule has 5 heteroatoms. The molecule has 5 nitrogen and oxygen atoms in total. The van der Waals surface area contributed by atoms with Gasteiger partial charge in [-0.15, -0.1) is 0 Å². The van der Waals surface area contributed by atoms with E-state index in [1.807, 2.05) is 0 Å². The van der Waals surface area contributed by atoms with Crippen LogP contribution >= 0.6 is 0 Å². The van der Waals surface area contributed by atoms with Crippen molar-refractivity contribution in [2.75, 3.05) is 12.3 Å². The Morgan fingerprint density at radius 1 is 1.45 bits per heavy atom. The lowest BCUT2D eigenvalue weighted by Crippen LogP contribution is -2.42. The highest BCUT2D eigenvalue weighted by atomic mass is 16.5. The van der Waals surface area contributed by atoms with Crippen molar-refractivity contribution >= 4 is 5.82 Å². The first-order chi connectivity index (χ1) is 9.61. The van der Waals surface area contributed by atoms with Crippen molar-refractivity contribution in [1.82, 2.24) is 9.78 Å². The third-order valence-electron chi connectivity index (χ3n) is 5.08. The van der Waals surface area contributed by atoms with E-state index < -0.39 is 6.10 Å². The standard InChI is InChI=1S/C15H25N3O2/c1-18-14(16)12(10-17-18)13(19)11-5-8-20-15(9-11)6-3-2-4-7-15/h10-11,13,19H,2-9,16H2,1H3. The predicted molar refractivity (Wildman–Crippen MR) is 77.1 cm³/mol. The Morgan fingerprint density at radius 3 is 2.85 bits per heavy atom. The van der Waals surface area contributed by atoms with Crippen LogP contribution in [0, 0.1) is 5.92 Å². The minimum Gasteiger partial charge on any atom is -0.388 e. The lowest BCUT2D eigenvalue weighted by atomic mass is 9.74. The molecule has 1 aliphatic heterocycles. The minimum atomic E-state index is -0.522. The predicted octanol–water partition coefficient (Wildman–Crippen LogP) is 2.17. The van der Waals surface area contributed by atoms with Crippen molar-refractivity contribution in [2.24, 2.45) is 13.0 Å². The van der Waals surface area contributed by atoms with Crippen LogP contribution in [0.4, 0.5) is 5.82 Å². The van der Waals surface area contributed by atoms with Gasteiger partial charge in [-0.05, 0) is 31.6 Å². The van der Waals surface area contributed by atoms with Gasteiger partial charge in [-0.25, -0.2) is 0 Å². The number of aliphatic hydroxyl groups excluding tert-OH is 1. The molecule has 2 fully saturated rings. The largest absolute Gasteiger partial charge is 0.388 e. The van der Waals surface area contributed by atoms with Crippen molar-refractivity contribution in [1.29, 1.82) is 0 Å². The van der Waals surface area contributed by atoms with Gasteiger partial charge in [0.05, 0.1) is 17.9 Å². The SMILES string of the molecule is Cn1ncc(C(O)C2CCOC3(CCCCC3)C2)c1N. The zero-order chi connectivity index (χ0) is 14.2. The van der Waals surface area contributed by atoms with Gasteiger partial charge in [0, 0.05) is 19.2 Å². The molecule has 2 unspecified atom stereocenters. The maximum Gasteiger partial charge on any atom is 0.127 e. The highest BCUT2D eigenvalue weighted by molar-refractivity contribution is 5.40. The number of aromatic nitrogens is 2. The summed E-state index contributed by atoms with van der Waals surface area (Å²) in [6.07, 6.45) is 9.11. The number of rotatable bonds is 2. The molecule has 3 N–H and O–H groups in total. The van der Waals surface area contributed by atoms with Gasteiger partial charge in [0.25, 0.3) is 0 Å². The normalized spacial score (nSPS) is 27.6. The number of anilines is 1. The van der Waals surface area contributed by atoms with Crippen LogP contribution in [0.25, 0.3) is 0 Å². The van der Waals surface area contributed by atoms with E-state index in [4.69, 9.17) is 10.5 Å². The van der Waals surface area contributed by atoms with E-state index in [1.165, 1.54) is 19.3 Å². The van der Waals surface area contributed by atoms with Gasteiger partial charge in [-0.3, -0.25) is 4.68 Å². The fourth-order valence-electron chi connectivity index (χ4n) is 3.83. The molecule has 1 saturated carbocycles. The van der Waals surface area contributed by atoms with E-state index >= 15 is 0 Å². The molecule has 0 bridgehead atoms. The van der Waals surface area contributed by atoms with Gasteiger partial charge < -0.3 is 15.6 Å². The fraction of sp³-hybridized carbons (Fsp3) is 0.800. The molecule has 0 aromatic carbocycles. The number of nitrogens with two attached hydrogens (primary N) is 1. The van der Waals surface area contributed by atoms with Crippen LogP contribution in [0.1, 0.15) is 56.6 Å². The molecular weight excluding hydrogens is 254 g/mol. The second-order valence-electron chi connectivity index (χ2n) is 6.40. The molecule has 0 radical (unpaired) electrons. The molecule has 1 aromatic rings. The maximum absolute atomic E-state index is 10.7. The lowest BCUT2D eigenvalue weighted by Gasteiger charge is -2.44. The summed E-state index contributed by atoms with van der Waals surface area (Å²) >= 11 is 0. The topological polar surface area (TPSA) is 73.3 Å². The Kier molecular flexibility index (Phi) is 3.73. The van der Waals surface area contributed by atoms with E-state index in [9.17, 15) is 5.11 Å². The second kappa shape index (κ2) is 5.37. The summed E-state index contributed by atoms with van der Waals surface area (Å²) in [6.45, 7) is 0.752. The quantitative estimate of drug-likeness (QED) is 0.870. The van der Waals surface area contributed by atoms with E-state index in [-0.39, 0.29) is 11.5 Å². The first kappa shape index (κ1) is 13.9. The summed E-state index contributed by atoms with van der Waals surface area (Å²) in [6, 6.07) is 0. The van der Waals surface area contributed by atoms with E-state index in [1.54, 1.807) is 17.9 Å². The highest BCUT2D eigenvalue weighted by Gasteiger charge is 2.41. The lowest BCUT2D eigenvalue weighted by molar-refractivity contribution is -0.134. The van der Waals surface area contributed by atoms with E-state index in [0.717, 1.165) is 37.9 Å². The summed E-state index contributed by atoms with van der Waals surface area (Å²) in [4.78, 5) is 0. The van der Waals surface area contributed by atoms with Crippen molar-refractivity contribution in [3.05, 3.63) is 11.8 Å². The molecule has 2 atom stereocenters. The minimum absolute atomic E-state index is 0.0130. The summed E-state index contributed by atoms with van der Waals surface area (Å²) in [7, 11) is 1.80. The Hall–Kier alpha value is -1.07. The third-order valence-corrected chi connectivity index (χ3v) is 5.08.